The van der Waals surface area contributed by atoms with Crippen LogP contribution in [-0.2, 0) is 0 Å². The van der Waals surface area contributed by atoms with Crippen LogP contribution in [0.25, 0.3) is 0 Å². The zero-order chi connectivity index (χ0) is 6.62. The molecule has 0 aromatic heterocycles. The van der Waals surface area contributed by atoms with E-state index in [0.717, 1.165) is 12.3 Å². The highest BCUT2D eigenvalue weighted by Gasteiger charge is 2.03. The van der Waals surface area contributed by atoms with Crippen LogP contribution in [0.4, 0.5) is 0 Å². The van der Waals surface area contributed by atoms with E-state index in [1.165, 1.54) is 0 Å². The van der Waals surface area contributed by atoms with Gasteiger partial charge in [0.2, 0.25) is 0 Å². The minimum Gasteiger partial charge on any atom is -0.291 e. The Morgan fingerprint density at radius 1 is 1.50 bits per heavy atom. The van der Waals surface area contributed by atoms with E-state index in [9.17, 15) is 0 Å². The summed E-state index contributed by atoms with van der Waals surface area (Å²) in [6.07, 6.45) is 2.08. The first-order valence-corrected chi connectivity index (χ1v) is 5.18. The van der Waals surface area contributed by atoms with E-state index >= 15 is 0 Å². The average molecular weight is 131 g/mol. The lowest BCUT2D eigenvalue weighted by Crippen LogP contribution is -2.20. The summed E-state index contributed by atoms with van der Waals surface area (Å²) in [5, 5.41) is 0. The molecular formula is C5H14BNS. The van der Waals surface area contributed by atoms with E-state index in [0.29, 0.717) is 0 Å². The van der Waals surface area contributed by atoms with Crippen LogP contribution in [-0.4, -0.2) is 25.7 Å². The number of nitrogens with one attached hydrogen (secondary N) is 1. The monoisotopic (exact) mass is 131 g/mol. The molecule has 0 amide bonds. The van der Waals surface area contributed by atoms with Gasteiger partial charge < -0.3 is 0 Å². The van der Waals surface area contributed by atoms with Crippen molar-refractivity contribution in [3.8, 4) is 0 Å². The summed E-state index contributed by atoms with van der Waals surface area (Å²) >= 11 is 0. The molecule has 8 heavy (non-hydrogen) atoms. The maximum absolute atomic E-state index is 5.80. The molecule has 0 saturated heterocycles. The molecule has 0 spiro atoms. The maximum Gasteiger partial charge on any atom is 0.156 e. The Kier molecular flexibility index (Phi) is 3.57. The first kappa shape index (κ1) is 8.37. The molecule has 0 saturated carbocycles. The second kappa shape index (κ2) is 3.41. The van der Waals surface area contributed by atoms with Crippen molar-refractivity contribution in [1.82, 2.24) is 4.72 Å². The minimum atomic E-state index is -0.920. The van der Waals surface area contributed by atoms with Crippen molar-refractivity contribution in [2.45, 2.75) is 13.8 Å². The van der Waals surface area contributed by atoms with E-state index in [4.69, 9.17) is 7.12 Å². The van der Waals surface area contributed by atoms with Gasteiger partial charge in [0.15, 0.2) is 7.12 Å². The van der Waals surface area contributed by atoms with E-state index in [1.807, 2.05) is 0 Å². The summed E-state index contributed by atoms with van der Waals surface area (Å²) in [6, 6.07) is 0. The van der Waals surface area contributed by atoms with Gasteiger partial charge in [-0.3, -0.25) is 4.72 Å². The van der Waals surface area contributed by atoms with Gasteiger partial charge in [-0.25, -0.2) is 10.1 Å². The molecule has 0 heterocycles. The van der Waals surface area contributed by atoms with Crippen molar-refractivity contribution in [2.24, 2.45) is 0 Å². The van der Waals surface area contributed by atoms with Crippen LogP contribution in [0.2, 0.25) is 0 Å². The lowest BCUT2D eigenvalue weighted by molar-refractivity contribution is 1.02. The molecule has 1 N–H and O–H groups in total. The molecule has 0 aromatic carbocycles. The summed E-state index contributed by atoms with van der Waals surface area (Å²) in [5.74, 6) is 1.06. The molecule has 0 rings (SSSR count). The van der Waals surface area contributed by atoms with Gasteiger partial charge in [-0.15, -0.1) is 0 Å². The van der Waals surface area contributed by atoms with Crippen molar-refractivity contribution >= 4 is 17.2 Å². The largest absolute Gasteiger partial charge is 0.291 e. The van der Waals surface area contributed by atoms with Gasteiger partial charge in [0.25, 0.3) is 0 Å². The van der Waals surface area contributed by atoms with Crippen LogP contribution >= 0.6 is 10.1 Å². The van der Waals surface area contributed by atoms with Gasteiger partial charge >= 0.3 is 0 Å². The molecule has 1 nitrogen and oxygen atoms in total. The van der Waals surface area contributed by atoms with Crippen LogP contribution in [0.5, 0.6) is 0 Å². The second-order valence-electron chi connectivity index (χ2n) is 1.94. The first-order chi connectivity index (χ1) is 3.62. The fourth-order valence-corrected chi connectivity index (χ4v) is 1.30. The third-order valence-corrected chi connectivity index (χ3v) is 3.22. The Balaban J connectivity index is 3.37. The number of rotatable bonds is 3. The standard InChI is InChI=1S/C5H14BNS/c1-4-7-8(3,6)5-2/h7H,4-5H2,1-3H3. The fourth-order valence-electron chi connectivity index (χ4n) is 0.432. The van der Waals surface area contributed by atoms with Gasteiger partial charge in [0, 0.05) is 6.54 Å². The summed E-state index contributed by atoms with van der Waals surface area (Å²) in [5.41, 5.74) is 0. The van der Waals surface area contributed by atoms with E-state index in [-0.39, 0.29) is 0 Å². The normalized spacial score (nSPS) is 21.9. The van der Waals surface area contributed by atoms with Crippen LogP contribution < -0.4 is 4.72 Å². The van der Waals surface area contributed by atoms with Crippen molar-refractivity contribution in [2.75, 3.05) is 18.6 Å². The zero-order valence-corrected chi connectivity index (χ0v) is 6.72. The quantitative estimate of drug-likeness (QED) is 0.564. The molecule has 1 atom stereocenters. The number of hydrogen-bond acceptors (Lipinski definition) is 1. The van der Waals surface area contributed by atoms with Crippen LogP contribution in [0, 0.1) is 0 Å². The molecule has 2 radical (unpaired) electrons. The predicted molar refractivity (Wildman–Crippen MR) is 43.5 cm³/mol. The first-order valence-electron chi connectivity index (χ1n) is 2.90. The fraction of sp³-hybridized carbons (Fsp3) is 1.00. The van der Waals surface area contributed by atoms with Gasteiger partial charge in [0.05, 0.1) is 0 Å². The molecule has 0 fully saturated rings. The minimum absolute atomic E-state index is 0.920. The third kappa shape index (κ3) is 3.39. The van der Waals surface area contributed by atoms with Gasteiger partial charge in [-0.05, 0) is 12.0 Å². The number of hydrogen-bond donors (Lipinski definition) is 1. The Bertz CT molecular complexity index is 65.4. The SMILES string of the molecule is [B]S(C)(CC)NCC. The highest BCUT2D eigenvalue weighted by molar-refractivity contribution is 8.48. The zero-order valence-electron chi connectivity index (χ0n) is 5.90. The van der Waals surface area contributed by atoms with Gasteiger partial charge in [-0.1, -0.05) is 13.8 Å². The van der Waals surface area contributed by atoms with Gasteiger partial charge in [0.1, 0.15) is 0 Å². The molecule has 0 aliphatic heterocycles. The average Bonchev–Trinajstić information content (AvgIpc) is 1.67. The van der Waals surface area contributed by atoms with Crippen molar-refractivity contribution in [3.63, 3.8) is 0 Å². The Labute approximate surface area is 55.0 Å². The molecule has 48 valence electrons. The molecule has 1 unspecified atom stereocenters. The Hall–Kier alpha value is 0.375. The molecular weight excluding hydrogens is 117 g/mol. The highest BCUT2D eigenvalue weighted by atomic mass is 32.3. The van der Waals surface area contributed by atoms with Crippen LogP contribution in [0.3, 0.4) is 0 Å². The maximum atomic E-state index is 5.80. The summed E-state index contributed by atoms with van der Waals surface area (Å²) in [4.78, 5) is 0. The Morgan fingerprint density at radius 3 is 2.12 bits per heavy atom. The van der Waals surface area contributed by atoms with Crippen LogP contribution in [0.15, 0.2) is 0 Å². The summed E-state index contributed by atoms with van der Waals surface area (Å²) < 4.78 is 3.23. The smallest absolute Gasteiger partial charge is 0.156 e. The predicted octanol–water partition coefficient (Wildman–Crippen LogP) is 1.05. The third-order valence-electron chi connectivity index (χ3n) is 1.07. The summed E-state index contributed by atoms with van der Waals surface area (Å²) in [6.45, 7) is 5.17. The molecule has 3 heteroatoms. The lowest BCUT2D eigenvalue weighted by Gasteiger charge is -2.30. The van der Waals surface area contributed by atoms with Crippen LogP contribution in [0.1, 0.15) is 13.8 Å². The van der Waals surface area contributed by atoms with Gasteiger partial charge in [-0.2, -0.15) is 0 Å². The molecule has 0 aromatic rings. The second-order valence-corrected chi connectivity index (χ2v) is 5.12. The van der Waals surface area contributed by atoms with Crippen molar-refractivity contribution < 1.29 is 0 Å². The van der Waals surface area contributed by atoms with Crippen molar-refractivity contribution in [1.29, 1.82) is 0 Å². The molecule has 0 bridgehead atoms. The van der Waals surface area contributed by atoms with E-state index < -0.39 is 10.1 Å². The topological polar surface area (TPSA) is 12.0 Å². The molecule has 0 aliphatic rings. The summed E-state index contributed by atoms with van der Waals surface area (Å²) in [7, 11) is 4.88. The van der Waals surface area contributed by atoms with E-state index in [1.54, 1.807) is 0 Å². The Morgan fingerprint density at radius 2 is 2.00 bits per heavy atom. The molecule has 0 aliphatic carbocycles. The van der Waals surface area contributed by atoms with Crippen molar-refractivity contribution in [3.05, 3.63) is 0 Å². The van der Waals surface area contributed by atoms with E-state index in [2.05, 4.69) is 24.8 Å². The highest BCUT2D eigenvalue weighted by Crippen LogP contribution is 2.31. The lowest BCUT2D eigenvalue weighted by atomic mass is 10.8.